The average Bonchev–Trinajstić information content (AvgIpc) is 2.54. The predicted octanol–water partition coefficient (Wildman–Crippen LogP) is 2.27. The molecular formula is C16H14FNO4S. The molecule has 2 aromatic rings. The van der Waals surface area contributed by atoms with Gasteiger partial charge in [-0.05, 0) is 53.9 Å². The van der Waals surface area contributed by atoms with Crippen LogP contribution in [0, 0.1) is 5.82 Å². The number of halogens is 1. The summed E-state index contributed by atoms with van der Waals surface area (Å²) in [4.78, 5) is 11.1. The summed E-state index contributed by atoms with van der Waals surface area (Å²) < 4.78 is 39.5. The molecule has 120 valence electrons. The monoisotopic (exact) mass is 335 g/mol. The van der Waals surface area contributed by atoms with E-state index in [-0.39, 0.29) is 17.0 Å². The minimum absolute atomic E-state index is 0.0248. The molecule has 2 aromatic carbocycles. The van der Waals surface area contributed by atoms with Crippen molar-refractivity contribution in [2.24, 2.45) is 0 Å². The Balaban J connectivity index is 1.93. The number of nitrogens with zero attached hydrogens (tertiary/aromatic N) is 1. The standard InChI is InChI=1S/C16H14FNO4S/c17-14-3-5-15(6-4-14)23(21,22)18-8-7-11-1-2-12(16(19)20)9-13(11)10-18/h1-6,9H,7-8,10H2,(H,19,20). The normalized spacial score (nSPS) is 15.2. The van der Waals surface area contributed by atoms with Crippen molar-refractivity contribution >= 4 is 16.0 Å². The lowest BCUT2D eigenvalue weighted by molar-refractivity contribution is 0.0696. The number of hydrogen-bond acceptors (Lipinski definition) is 3. The van der Waals surface area contributed by atoms with E-state index < -0.39 is 21.8 Å². The maximum absolute atomic E-state index is 13.0. The Labute approximate surface area is 133 Å². The highest BCUT2D eigenvalue weighted by Gasteiger charge is 2.28. The Morgan fingerprint density at radius 1 is 1.09 bits per heavy atom. The number of rotatable bonds is 3. The van der Waals surface area contributed by atoms with Crippen molar-refractivity contribution in [1.29, 1.82) is 0 Å². The van der Waals surface area contributed by atoms with Gasteiger partial charge in [0.1, 0.15) is 5.82 Å². The van der Waals surface area contributed by atoms with Crippen molar-refractivity contribution in [2.45, 2.75) is 17.9 Å². The Kier molecular flexibility index (Phi) is 3.91. The molecule has 1 aliphatic heterocycles. The molecule has 0 unspecified atom stereocenters. The Hall–Kier alpha value is -2.25. The summed E-state index contributed by atoms with van der Waals surface area (Å²) in [5, 5.41) is 9.05. The zero-order chi connectivity index (χ0) is 16.6. The van der Waals surface area contributed by atoms with Crippen LogP contribution in [0.25, 0.3) is 0 Å². The van der Waals surface area contributed by atoms with Gasteiger partial charge in [0.25, 0.3) is 0 Å². The maximum atomic E-state index is 13.0. The smallest absolute Gasteiger partial charge is 0.335 e. The van der Waals surface area contributed by atoms with Crippen LogP contribution >= 0.6 is 0 Å². The highest BCUT2D eigenvalue weighted by Crippen LogP contribution is 2.26. The van der Waals surface area contributed by atoms with Gasteiger partial charge in [0.2, 0.25) is 10.0 Å². The van der Waals surface area contributed by atoms with Gasteiger partial charge < -0.3 is 5.11 Å². The summed E-state index contributed by atoms with van der Waals surface area (Å²) in [5.74, 6) is -1.55. The summed E-state index contributed by atoms with van der Waals surface area (Å²) in [6, 6.07) is 9.41. The Morgan fingerprint density at radius 3 is 2.43 bits per heavy atom. The fourth-order valence-electron chi connectivity index (χ4n) is 2.63. The van der Waals surface area contributed by atoms with E-state index in [0.29, 0.717) is 18.5 Å². The van der Waals surface area contributed by atoms with Crippen molar-refractivity contribution in [2.75, 3.05) is 6.54 Å². The molecule has 0 radical (unpaired) electrons. The SMILES string of the molecule is O=C(O)c1ccc2c(c1)CN(S(=O)(=O)c1ccc(F)cc1)CC2. The first kappa shape index (κ1) is 15.6. The summed E-state index contributed by atoms with van der Waals surface area (Å²) in [7, 11) is -3.74. The fraction of sp³-hybridized carbons (Fsp3) is 0.188. The average molecular weight is 335 g/mol. The Bertz CT molecular complexity index is 862. The third kappa shape index (κ3) is 2.97. The molecule has 7 heteroatoms. The van der Waals surface area contributed by atoms with Crippen molar-refractivity contribution in [3.05, 3.63) is 65.0 Å². The van der Waals surface area contributed by atoms with Crippen LogP contribution in [-0.2, 0) is 23.0 Å². The van der Waals surface area contributed by atoms with Crippen LogP contribution in [0.15, 0.2) is 47.4 Å². The number of carboxylic acids is 1. The summed E-state index contributed by atoms with van der Waals surface area (Å²) in [5.41, 5.74) is 1.76. The highest BCUT2D eigenvalue weighted by molar-refractivity contribution is 7.89. The van der Waals surface area contributed by atoms with E-state index in [1.165, 1.54) is 28.6 Å². The molecule has 0 fully saturated rings. The highest BCUT2D eigenvalue weighted by atomic mass is 32.2. The van der Waals surface area contributed by atoms with E-state index in [9.17, 15) is 17.6 Å². The third-order valence-corrected chi connectivity index (χ3v) is 5.74. The first-order valence-corrected chi connectivity index (χ1v) is 8.43. The van der Waals surface area contributed by atoms with Crippen molar-refractivity contribution in [1.82, 2.24) is 4.31 Å². The molecule has 1 N–H and O–H groups in total. The van der Waals surface area contributed by atoms with Gasteiger partial charge in [-0.15, -0.1) is 0 Å². The van der Waals surface area contributed by atoms with Gasteiger partial charge in [0, 0.05) is 13.1 Å². The summed E-state index contributed by atoms with van der Waals surface area (Å²) in [6.45, 7) is 0.412. The molecule has 1 heterocycles. The number of benzene rings is 2. The van der Waals surface area contributed by atoms with Gasteiger partial charge in [0.05, 0.1) is 10.5 Å². The molecule has 1 aliphatic rings. The Morgan fingerprint density at radius 2 is 1.78 bits per heavy atom. The third-order valence-electron chi connectivity index (χ3n) is 3.88. The van der Waals surface area contributed by atoms with E-state index in [0.717, 1.165) is 17.7 Å². The minimum atomic E-state index is -3.74. The molecule has 23 heavy (non-hydrogen) atoms. The van der Waals surface area contributed by atoms with E-state index >= 15 is 0 Å². The maximum Gasteiger partial charge on any atom is 0.335 e. The quantitative estimate of drug-likeness (QED) is 0.934. The lowest BCUT2D eigenvalue weighted by Gasteiger charge is -2.28. The first-order valence-electron chi connectivity index (χ1n) is 6.99. The number of aromatic carboxylic acids is 1. The molecule has 0 amide bonds. The number of sulfonamides is 1. The van der Waals surface area contributed by atoms with E-state index in [1.807, 2.05) is 0 Å². The number of hydrogen-bond donors (Lipinski definition) is 1. The van der Waals surface area contributed by atoms with Gasteiger partial charge in [-0.2, -0.15) is 4.31 Å². The molecular weight excluding hydrogens is 321 g/mol. The van der Waals surface area contributed by atoms with Crippen LogP contribution in [-0.4, -0.2) is 30.3 Å². The van der Waals surface area contributed by atoms with Gasteiger partial charge in [-0.1, -0.05) is 6.07 Å². The van der Waals surface area contributed by atoms with Crippen LogP contribution in [0.1, 0.15) is 21.5 Å². The fourth-order valence-corrected chi connectivity index (χ4v) is 4.04. The largest absolute Gasteiger partial charge is 0.478 e. The van der Waals surface area contributed by atoms with Crippen LogP contribution in [0.5, 0.6) is 0 Å². The molecule has 0 aliphatic carbocycles. The van der Waals surface area contributed by atoms with Crippen LogP contribution in [0.3, 0.4) is 0 Å². The molecule has 0 saturated heterocycles. The number of carbonyl (C=O) groups is 1. The number of fused-ring (bicyclic) bond motifs is 1. The predicted molar refractivity (Wildman–Crippen MR) is 81.1 cm³/mol. The van der Waals surface area contributed by atoms with Gasteiger partial charge >= 0.3 is 5.97 Å². The van der Waals surface area contributed by atoms with E-state index in [1.54, 1.807) is 6.07 Å². The molecule has 5 nitrogen and oxygen atoms in total. The lowest BCUT2D eigenvalue weighted by Crippen LogP contribution is -2.36. The van der Waals surface area contributed by atoms with Crippen molar-refractivity contribution in [3.8, 4) is 0 Å². The van der Waals surface area contributed by atoms with E-state index in [4.69, 9.17) is 5.11 Å². The lowest BCUT2D eigenvalue weighted by atomic mass is 9.99. The van der Waals surface area contributed by atoms with E-state index in [2.05, 4.69) is 0 Å². The van der Waals surface area contributed by atoms with Gasteiger partial charge in [0.15, 0.2) is 0 Å². The molecule has 0 atom stereocenters. The second-order valence-electron chi connectivity index (χ2n) is 5.33. The minimum Gasteiger partial charge on any atom is -0.478 e. The second kappa shape index (κ2) is 5.75. The zero-order valence-electron chi connectivity index (χ0n) is 12.1. The summed E-state index contributed by atoms with van der Waals surface area (Å²) >= 11 is 0. The van der Waals surface area contributed by atoms with Crippen LogP contribution in [0.2, 0.25) is 0 Å². The van der Waals surface area contributed by atoms with Crippen LogP contribution in [0.4, 0.5) is 4.39 Å². The first-order chi connectivity index (χ1) is 10.9. The number of carboxylic acid groups (broad SMARTS) is 1. The van der Waals surface area contributed by atoms with Crippen molar-refractivity contribution in [3.63, 3.8) is 0 Å². The molecule has 0 bridgehead atoms. The van der Waals surface area contributed by atoms with Gasteiger partial charge in [-0.25, -0.2) is 17.6 Å². The second-order valence-corrected chi connectivity index (χ2v) is 7.27. The summed E-state index contributed by atoms with van der Waals surface area (Å²) in [6.07, 6.45) is 0.510. The topological polar surface area (TPSA) is 74.7 Å². The molecule has 0 saturated carbocycles. The molecule has 0 aromatic heterocycles. The van der Waals surface area contributed by atoms with Gasteiger partial charge in [-0.3, -0.25) is 0 Å². The van der Waals surface area contributed by atoms with Crippen molar-refractivity contribution < 1.29 is 22.7 Å². The molecule has 0 spiro atoms. The van der Waals surface area contributed by atoms with Crippen LogP contribution < -0.4 is 0 Å². The molecule has 3 rings (SSSR count). The zero-order valence-corrected chi connectivity index (χ0v) is 12.9.